The summed E-state index contributed by atoms with van der Waals surface area (Å²) in [4.78, 5) is 11.6. The second-order valence-corrected chi connectivity index (χ2v) is 6.10. The monoisotopic (exact) mass is 291 g/mol. The van der Waals surface area contributed by atoms with Crippen molar-refractivity contribution < 1.29 is 14.3 Å². The minimum absolute atomic E-state index is 0.0264. The van der Waals surface area contributed by atoms with Gasteiger partial charge in [-0.1, -0.05) is 30.3 Å². The molecule has 0 saturated heterocycles. The first-order valence-electron chi connectivity index (χ1n) is 7.23. The van der Waals surface area contributed by atoms with Gasteiger partial charge in [0.1, 0.15) is 0 Å². The molecule has 116 valence electrons. The molecule has 0 aliphatic heterocycles. The van der Waals surface area contributed by atoms with Crippen LogP contribution in [0.1, 0.15) is 32.8 Å². The standard InChI is InChI=1S/C17H25NO3/c1-17(2,3)16(19)21-10-9-15(11-18)13-20-12-14-7-5-4-6-8-14/h4-8,11,15,18H,9-10,12-13H2,1-3H3. The number of carbonyl (C=O) groups excluding carboxylic acids is 1. The van der Waals surface area contributed by atoms with Gasteiger partial charge in [-0.25, -0.2) is 0 Å². The topological polar surface area (TPSA) is 59.4 Å². The largest absolute Gasteiger partial charge is 0.465 e. The van der Waals surface area contributed by atoms with Crippen LogP contribution in [0.2, 0.25) is 0 Å². The predicted molar refractivity (Wildman–Crippen MR) is 83.4 cm³/mol. The lowest BCUT2D eigenvalue weighted by molar-refractivity contribution is -0.153. The Balaban J connectivity index is 2.23. The van der Waals surface area contributed by atoms with E-state index in [1.54, 1.807) is 0 Å². The summed E-state index contributed by atoms with van der Waals surface area (Å²) >= 11 is 0. The van der Waals surface area contributed by atoms with E-state index in [1.165, 1.54) is 6.21 Å². The molecule has 1 atom stereocenters. The van der Waals surface area contributed by atoms with Gasteiger partial charge in [0, 0.05) is 12.1 Å². The first-order valence-corrected chi connectivity index (χ1v) is 7.23. The van der Waals surface area contributed by atoms with E-state index in [9.17, 15) is 4.79 Å². The van der Waals surface area contributed by atoms with Crippen molar-refractivity contribution in [3.05, 3.63) is 35.9 Å². The van der Waals surface area contributed by atoms with Gasteiger partial charge < -0.3 is 14.9 Å². The molecule has 0 heterocycles. The van der Waals surface area contributed by atoms with Gasteiger partial charge >= 0.3 is 5.97 Å². The van der Waals surface area contributed by atoms with Crippen molar-refractivity contribution in [2.24, 2.45) is 11.3 Å². The van der Waals surface area contributed by atoms with Crippen LogP contribution >= 0.6 is 0 Å². The van der Waals surface area contributed by atoms with E-state index in [-0.39, 0.29) is 11.9 Å². The van der Waals surface area contributed by atoms with Crippen LogP contribution in [0.3, 0.4) is 0 Å². The van der Waals surface area contributed by atoms with Gasteiger partial charge in [0.2, 0.25) is 0 Å². The van der Waals surface area contributed by atoms with Crippen molar-refractivity contribution in [2.45, 2.75) is 33.8 Å². The first-order chi connectivity index (χ1) is 9.93. The molecule has 1 rings (SSSR count). The fourth-order valence-corrected chi connectivity index (χ4v) is 1.64. The Morgan fingerprint density at radius 1 is 1.29 bits per heavy atom. The second-order valence-electron chi connectivity index (χ2n) is 6.10. The Hall–Kier alpha value is -1.68. The van der Waals surface area contributed by atoms with Gasteiger partial charge in [0.05, 0.1) is 25.2 Å². The quantitative estimate of drug-likeness (QED) is 0.589. The lowest BCUT2D eigenvalue weighted by Gasteiger charge is -2.18. The van der Waals surface area contributed by atoms with E-state index in [0.29, 0.717) is 26.2 Å². The third kappa shape index (κ3) is 7.04. The number of hydrogen-bond acceptors (Lipinski definition) is 4. The van der Waals surface area contributed by atoms with E-state index >= 15 is 0 Å². The van der Waals surface area contributed by atoms with E-state index < -0.39 is 5.41 Å². The average Bonchev–Trinajstić information content (AvgIpc) is 2.45. The molecule has 4 heteroatoms. The van der Waals surface area contributed by atoms with Crippen LogP contribution in [0.4, 0.5) is 0 Å². The number of rotatable bonds is 8. The van der Waals surface area contributed by atoms with Crippen LogP contribution < -0.4 is 0 Å². The van der Waals surface area contributed by atoms with Crippen LogP contribution in [0.25, 0.3) is 0 Å². The van der Waals surface area contributed by atoms with Crippen molar-refractivity contribution >= 4 is 12.2 Å². The lowest BCUT2D eigenvalue weighted by atomic mass is 9.97. The molecule has 0 bridgehead atoms. The molecule has 0 aliphatic carbocycles. The van der Waals surface area contributed by atoms with Gasteiger partial charge in [0.25, 0.3) is 0 Å². The summed E-state index contributed by atoms with van der Waals surface area (Å²) in [5.74, 6) is -0.238. The van der Waals surface area contributed by atoms with Crippen molar-refractivity contribution in [3.63, 3.8) is 0 Å². The Morgan fingerprint density at radius 2 is 1.95 bits per heavy atom. The summed E-state index contributed by atoms with van der Waals surface area (Å²) in [7, 11) is 0. The summed E-state index contributed by atoms with van der Waals surface area (Å²) in [6.45, 7) is 6.80. The van der Waals surface area contributed by atoms with E-state index in [1.807, 2.05) is 51.1 Å². The third-order valence-electron chi connectivity index (χ3n) is 3.01. The highest BCUT2D eigenvalue weighted by Gasteiger charge is 2.23. The van der Waals surface area contributed by atoms with Crippen LogP contribution in [-0.2, 0) is 20.9 Å². The Morgan fingerprint density at radius 3 is 2.52 bits per heavy atom. The molecule has 0 spiro atoms. The maximum absolute atomic E-state index is 11.6. The number of benzene rings is 1. The number of esters is 1. The molecular formula is C17H25NO3. The number of hydrogen-bond donors (Lipinski definition) is 1. The Bertz CT molecular complexity index is 437. The van der Waals surface area contributed by atoms with Gasteiger partial charge in [-0.2, -0.15) is 0 Å². The minimum Gasteiger partial charge on any atom is -0.465 e. The van der Waals surface area contributed by atoms with Gasteiger partial charge in [0.15, 0.2) is 0 Å². The minimum atomic E-state index is -0.482. The summed E-state index contributed by atoms with van der Waals surface area (Å²) in [6.07, 6.45) is 1.97. The lowest BCUT2D eigenvalue weighted by Crippen LogP contribution is -2.24. The van der Waals surface area contributed by atoms with Crippen LogP contribution in [-0.4, -0.2) is 25.4 Å². The zero-order valence-electron chi connectivity index (χ0n) is 13.1. The molecule has 4 nitrogen and oxygen atoms in total. The van der Waals surface area contributed by atoms with E-state index in [2.05, 4.69) is 0 Å². The van der Waals surface area contributed by atoms with Gasteiger partial charge in [-0.05, 0) is 32.8 Å². The summed E-state index contributed by atoms with van der Waals surface area (Å²) in [6, 6.07) is 9.92. The Labute approximate surface area is 127 Å². The second kappa shape index (κ2) is 8.57. The van der Waals surface area contributed by atoms with Gasteiger partial charge in [-0.15, -0.1) is 0 Å². The summed E-state index contributed by atoms with van der Waals surface area (Å²) in [5, 5.41) is 7.41. The Kier molecular flexibility index (Phi) is 7.09. The molecule has 1 N–H and O–H groups in total. The fourth-order valence-electron chi connectivity index (χ4n) is 1.64. The average molecular weight is 291 g/mol. The molecule has 1 unspecified atom stereocenters. The highest BCUT2D eigenvalue weighted by atomic mass is 16.5. The maximum Gasteiger partial charge on any atom is 0.311 e. The molecule has 21 heavy (non-hydrogen) atoms. The first kappa shape index (κ1) is 17.4. The molecule has 0 radical (unpaired) electrons. The molecule has 1 aromatic carbocycles. The predicted octanol–water partition coefficient (Wildman–Crippen LogP) is 3.45. The number of ether oxygens (including phenoxy) is 2. The normalized spacial score (nSPS) is 12.7. The van der Waals surface area contributed by atoms with Crippen molar-refractivity contribution in [2.75, 3.05) is 13.2 Å². The van der Waals surface area contributed by atoms with Crippen molar-refractivity contribution in [1.29, 1.82) is 5.41 Å². The number of carbonyl (C=O) groups is 1. The molecule has 0 saturated carbocycles. The van der Waals surface area contributed by atoms with Crippen molar-refractivity contribution in [1.82, 2.24) is 0 Å². The molecule has 1 aromatic rings. The zero-order chi connectivity index (χ0) is 15.7. The zero-order valence-corrected chi connectivity index (χ0v) is 13.1. The van der Waals surface area contributed by atoms with Crippen molar-refractivity contribution in [3.8, 4) is 0 Å². The SMILES string of the molecule is CC(C)(C)C(=O)OCCC(C=N)COCc1ccccc1. The van der Waals surface area contributed by atoms with Crippen LogP contribution in [0.15, 0.2) is 30.3 Å². The van der Waals surface area contributed by atoms with E-state index in [4.69, 9.17) is 14.9 Å². The highest BCUT2D eigenvalue weighted by Crippen LogP contribution is 2.15. The smallest absolute Gasteiger partial charge is 0.311 e. The molecule has 0 aromatic heterocycles. The maximum atomic E-state index is 11.6. The molecule has 0 amide bonds. The molecule has 0 fully saturated rings. The number of nitrogens with one attached hydrogen (secondary N) is 1. The van der Waals surface area contributed by atoms with Crippen LogP contribution in [0.5, 0.6) is 0 Å². The summed E-state index contributed by atoms with van der Waals surface area (Å²) in [5.41, 5.74) is 0.629. The summed E-state index contributed by atoms with van der Waals surface area (Å²) < 4.78 is 10.8. The van der Waals surface area contributed by atoms with Gasteiger partial charge in [-0.3, -0.25) is 4.79 Å². The molecule has 0 aliphatic rings. The van der Waals surface area contributed by atoms with Crippen LogP contribution in [0, 0.1) is 16.7 Å². The fraction of sp³-hybridized carbons (Fsp3) is 0.529. The molecular weight excluding hydrogens is 266 g/mol. The van der Waals surface area contributed by atoms with E-state index in [0.717, 1.165) is 5.56 Å². The highest BCUT2D eigenvalue weighted by molar-refractivity contribution is 5.75. The third-order valence-corrected chi connectivity index (χ3v) is 3.01.